The number of hydrogen-bond acceptors (Lipinski definition) is 3. The Kier molecular flexibility index (Phi) is 3.35. The van der Waals surface area contributed by atoms with E-state index in [0.717, 1.165) is 50.2 Å². The van der Waals surface area contributed by atoms with Crippen molar-refractivity contribution >= 4 is 0 Å². The van der Waals surface area contributed by atoms with Gasteiger partial charge in [0.15, 0.2) is 5.79 Å². The molecular weight excluding hydrogens is 300 g/mol. The molecule has 0 bridgehead atoms. The largest absolute Gasteiger partial charge is 0.393 e. The van der Waals surface area contributed by atoms with Gasteiger partial charge in [-0.3, -0.25) is 0 Å². The van der Waals surface area contributed by atoms with E-state index >= 15 is 0 Å². The zero-order valence-corrected chi connectivity index (χ0v) is 15.2. The standard InChI is InChI=1S/C21H32O3/c1-19-9-10-21(23-11-12-24-21)13-14(19)3-4-15-16-5-6-18(22)20(16,2)8-7-17(15)19/h3,15-18,22H,4-13H2,1-2H3/t15-,16-,17-,18+,19+,20+/m1/s1. The summed E-state index contributed by atoms with van der Waals surface area (Å²) < 4.78 is 12.0. The van der Waals surface area contributed by atoms with Crippen molar-refractivity contribution in [2.75, 3.05) is 13.2 Å². The molecule has 4 fully saturated rings. The fourth-order valence-corrected chi connectivity index (χ4v) is 7.32. The first-order valence-electron chi connectivity index (χ1n) is 10.1. The van der Waals surface area contributed by atoms with Gasteiger partial charge in [0.2, 0.25) is 0 Å². The van der Waals surface area contributed by atoms with Gasteiger partial charge < -0.3 is 14.6 Å². The number of aliphatic hydroxyl groups excluding tert-OH is 1. The summed E-state index contributed by atoms with van der Waals surface area (Å²) >= 11 is 0. The van der Waals surface area contributed by atoms with E-state index in [9.17, 15) is 5.11 Å². The molecule has 0 unspecified atom stereocenters. The van der Waals surface area contributed by atoms with E-state index in [2.05, 4.69) is 19.9 Å². The minimum atomic E-state index is -0.301. The van der Waals surface area contributed by atoms with Gasteiger partial charge in [0, 0.05) is 12.8 Å². The molecule has 0 aromatic carbocycles. The lowest BCUT2D eigenvalue weighted by Gasteiger charge is -2.58. The van der Waals surface area contributed by atoms with Crippen molar-refractivity contribution in [3.63, 3.8) is 0 Å². The number of aliphatic hydroxyl groups is 1. The fourth-order valence-electron chi connectivity index (χ4n) is 7.32. The van der Waals surface area contributed by atoms with Crippen molar-refractivity contribution in [2.45, 2.75) is 77.1 Å². The van der Waals surface area contributed by atoms with Crippen molar-refractivity contribution in [1.82, 2.24) is 0 Å². The molecule has 1 saturated heterocycles. The van der Waals surface area contributed by atoms with Crippen LogP contribution in [-0.2, 0) is 9.47 Å². The van der Waals surface area contributed by atoms with E-state index in [1.165, 1.54) is 32.1 Å². The van der Waals surface area contributed by atoms with E-state index < -0.39 is 0 Å². The summed E-state index contributed by atoms with van der Waals surface area (Å²) in [4.78, 5) is 0. The van der Waals surface area contributed by atoms with Crippen molar-refractivity contribution in [1.29, 1.82) is 0 Å². The van der Waals surface area contributed by atoms with Crippen LogP contribution in [0.2, 0.25) is 0 Å². The van der Waals surface area contributed by atoms with Crippen LogP contribution < -0.4 is 0 Å². The third-order valence-corrected chi connectivity index (χ3v) is 8.87. The molecule has 0 amide bonds. The average Bonchev–Trinajstić information content (AvgIpc) is 3.14. The van der Waals surface area contributed by atoms with Gasteiger partial charge in [-0.25, -0.2) is 0 Å². The molecular formula is C21H32O3. The molecule has 4 aliphatic carbocycles. The van der Waals surface area contributed by atoms with Crippen LogP contribution in [0.1, 0.15) is 65.2 Å². The Balaban J connectivity index is 1.46. The van der Waals surface area contributed by atoms with Gasteiger partial charge in [0.1, 0.15) is 0 Å². The van der Waals surface area contributed by atoms with E-state index in [1.54, 1.807) is 5.57 Å². The summed E-state index contributed by atoms with van der Waals surface area (Å²) in [5.74, 6) is 1.98. The predicted molar refractivity (Wildman–Crippen MR) is 92.3 cm³/mol. The molecule has 1 spiro atoms. The van der Waals surface area contributed by atoms with Gasteiger partial charge in [-0.1, -0.05) is 25.5 Å². The van der Waals surface area contributed by atoms with E-state index in [0.29, 0.717) is 5.41 Å². The summed E-state index contributed by atoms with van der Waals surface area (Å²) in [5, 5.41) is 10.6. The lowest BCUT2D eigenvalue weighted by molar-refractivity contribution is -0.185. The molecule has 6 atom stereocenters. The van der Waals surface area contributed by atoms with Gasteiger partial charge in [0.05, 0.1) is 19.3 Å². The Labute approximate surface area is 145 Å². The number of hydrogen-bond donors (Lipinski definition) is 1. The van der Waals surface area contributed by atoms with Crippen molar-refractivity contribution < 1.29 is 14.6 Å². The number of ether oxygens (including phenoxy) is 2. The molecule has 1 N–H and O–H groups in total. The summed E-state index contributed by atoms with van der Waals surface area (Å²) in [6, 6.07) is 0. The van der Waals surface area contributed by atoms with Crippen molar-refractivity contribution in [3.8, 4) is 0 Å². The Hall–Kier alpha value is -0.380. The topological polar surface area (TPSA) is 38.7 Å². The molecule has 3 nitrogen and oxygen atoms in total. The highest BCUT2D eigenvalue weighted by Gasteiger charge is 2.60. The van der Waals surface area contributed by atoms with Crippen LogP contribution in [0.3, 0.4) is 0 Å². The molecule has 5 aliphatic rings. The first-order valence-corrected chi connectivity index (χ1v) is 10.1. The highest BCUT2D eigenvalue weighted by molar-refractivity contribution is 5.26. The molecule has 0 aromatic heterocycles. The third-order valence-electron chi connectivity index (χ3n) is 8.87. The second-order valence-corrected chi connectivity index (χ2v) is 9.68. The molecule has 3 saturated carbocycles. The maximum atomic E-state index is 10.6. The van der Waals surface area contributed by atoms with Gasteiger partial charge in [-0.15, -0.1) is 0 Å². The highest BCUT2D eigenvalue weighted by Crippen LogP contribution is 2.65. The number of fused-ring (bicyclic) bond motifs is 5. The minimum Gasteiger partial charge on any atom is -0.393 e. The molecule has 1 aliphatic heterocycles. The maximum Gasteiger partial charge on any atom is 0.172 e. The van der Waals surface area contributed by atoms with Crippen LogP contribution in [0, 0.1) is 28.6 Å². The number of rotatable bonds is 0. The normalized spacial score (nSPS) is 52.5. The van der Waals surface area contributed by atoms with Crippen molar-refractivity contribution in [3.05, 3.63) is 11.6 Å². The highest BCUT2D eigenvalue weighted by atomic mass is 16.7. The summed E-state index contributed by atoms with van der Waals surface area (Å²) in [5.41, 5.74) is 2.12. The van der Waals surface area contributed by atoms with Crippen molar-refractivity contribution in [2.24, 2.45) is 28.6 Å². The molecule has 24 heavy (non-hydrogen) atoms. The summed E-state index contributed by atoms with van der Waals surface area (Å²) in [6.45, 7) is 6.40. The lowest BCUT2D eigenvalue weighted by atomic mass is 9.47. The maximum absolute atomic E-state index is 10.6. The first-order chi connectivity index (χ1) is 11.5. The minimum absolute atomic E-state index is 0.0726. The van der Waals surface area contributed by atoms with Gasteiger partial charge >= 0.3 is 0 Å². The second-order valence-electron chi connectivity index (χ2n) is 9.68. The third kappa shape index (κ3) is 1.95. The first kappa shape index (κ1) is 15.8. The monoisotopic (exact) mass is 332 g/mol. The van der Waals surface area contributed by atoms with Gasteiger partial charge in [-0.2, -0.15) is 0 Å². The van der Waals surface area contributed by atoms with E-state index in [1.807, 2.05) is 0 Å². The molecule has 3 heteroatoms. The molecule has 1 heterocycles. The van der Waals surface area contributed by atoms with E-state index in [4.69, 9.17) is 9.47 Å². The second kappa shape index (κ2) is 5.08. The van der Waals surface area contributed by atoms with Crippen LogP contribution in [-0.4, -0.2) is 30.2 Å². The quantitative estimate of drug-likeness (QED) is 0.680. The van der Waals surface area contributed by atoms with E-state index in [-0.39, 0.29) is 17.3 Å². The average molecular weight is 332 g/mol. The van der Waals surface area contributed by atoms with Gasteiger partial charge in [-0.05, 0) is 67.1 Å². The summed E-state index contributed by atoms with van der Waals surface area (Å²) in [6.07, 6.45) is 11.7. The number of allylic oxidation sites excluding steroid dienone is 1. The Morgan fingerprint density at radius 1 is 1.00 bits per heavy atom. The molecule has 0 radical (unpaired) electrons. The lowest BCUT2D eigenvalue weighted by Crippen LogP contribution is -2.52. The van der Waals surface area contributed by atoms with Crippen LogP contribution in [0.15, 0.2) is 11.6 Å². The zero-order chi connectivity index (χ0) is 16.6. The smallest absolute Gasteiger partial charge is 0.172 e. The van der Waals surface area contributed by atoms with Gasteiger partial charge in [0.25, 0.3) is 0 Å². The Bertz CT molecular complexity index is 563. The van der Waals surface area contributed by atoms with Crippen LogP contribution in [0.25, 0.3) is 0 Å². The Morgan fingerprint density at radius 2 is 1.79 bits per heavy atom. The van der Waals surface area contributed by atoms with Crippen LogP contribution in [0.5, 0.6) is 0 Å². The zero-order valence-electron chi connectivity index (χ0n) is 15.2. The molecule has 5 rings (SSSR count). The molecule has 134 valence electrons. The van der Waals surface area contributed by atoms with Crippen LogP contribution >= 0.6 is 0 Å². The SMILES string of the molecule is C[C@]12CC[C@@H]3[C@H](CC=C4CC5(CC[C@@]43C)OCCO5)[C@H]1CC[C@@H]2O. The predicted octanol–water partition coefficient (Wildman–Crippen LogP) is 4.05. The van der Waals surface area contributed by atoms with Crippen LogP contribution in [0.4, 0.5) is 0 Å². The molecule has 0 aromatic rings. The summed E-state index contributed by atoms with van der Waals surface area (Å²) in [7, 11) is 0. The fraction of sp³-hybridized carbons (Fsp3) is 0.905. The Morgan fingerprint density at radius 3 is 2.58 bits per heavy atom.